The summed E-state index contributed by atoms with van der Waals surface area (Å²) < 4.78 is 13.7. The Morgan fingerprint density at radius 3 is 2.59 bits per heavy atom. The van der Waals surface area contributed by atoms with Crippen LogP contribution in [0.5, 0.6) is 5.75 Å². The molecule has 1 saturated heterocycles. The maximum atomic E-state index is 13.7. The van der Waals surface area contributed by atoms with Crippen LogP contribution < -0.4 is 5.32 Å². The predicted molar refractivity (Wildman–Crippen MR) is 94.2 cm³/mol. The number of hydrogen-bond donors (Lipinski definition) is 2. The van der Waals surface area contributed by atoms with Crippen molar-refractivity contribution in [3.63, 3.8) is 0 Å². The molecule has 0 amide bonds. The van der Waals surface area contributed by atoms with Crippen LogP contribution in [0.25, 0.3) is 0 Å². The van der Waals surface area contributed by atoms with E-state index in [1.165, 1.54) is 0 Å². The lowest BCUT2D eigenvalue weighted by Gasteiger charge is -2.35. The summed E-state index contributed by atoms with van der Waals surface area (Å²) in [7, 11) is 0. The highest BCUT2D eigenvalue weighted by Crippen LogP contribution is 2.36. The van der Waals surface area contributed by atoms with E-state index < -0.39 is 5.82 Å². The van der Waals surface area contributed by atoms with Crippen LogP contribution in [0, 0.1) is 5.82 Å². The van der Waals surface area contributed by atoms with Gasteiger partial charge in [0.15, 0.2) is 11.6 Å². The lowest BCUT2D eigenvalue weighted by atomic mass is 9.98. The molecule has 1 aliphatic rings. The first-order chi connectivity index (χ1) is 9.63. The molecule has 1 aromatic carbocycles. The molecule has 7 heteroatoms. The molecule has 0 saturated carbocycles. The molecular formula is C15H22Cl3FN2O. The van der Waals surface area contributed by atoms with Crippen molar-refractivity contribution in [1.29, 1.82) is 0 Å². The molecule has 22 heavy (non-hydrogen) atoms. The Balaban J connectivity index is 0.00000220. The van der Waals surface area contributed by atoms with Crippen LogP contribution >= 0.6 is 36.4 Å². The van der Waals surface area contributed by atoms with Gasteiger partial charge in [0.2, 0.25) is 0 Å². The van der Waals surface area contributed by atoms with Gasteiger partial charge in [0.05, 0.1) is 0 Å². The molecule has 2 N–H and O–H groups in total. The molecule has 0 spiro atoms. The van der Waals surface area contributed by atoms with Crippen LogP contribution in [-0.4, -0.2) is 36.2 Å². The number of rotatable bonds is 5. The summed E-state index contributed by atoms with van der Waals surface area (Å²) in [4.78, 5) is 2.25. The van der Waals surface area contributed by atoms with E-state index in [2.05, 4.69) is 16.8 Å². The third-order valence-electron chi connectivity index (χ3n) is 3.65. The summed E-state index contributed by atoms with van der Waals surface area (Å²) in [5.41, 5.74) is 0.568. The highest BCUT2D eigenvalue weighted by Gasteiger charge is 2.25. The molecule has 0 aromatic heterocycles. The second kappa shape index (κ2) is 10.3. The lowest BCUT2D eigenvalue weighted by molar-refractivity contribution is 0.163. The Kier molecular flexibility index (Phi) is 10.0. The third-order valence-corrected chi connectivity index (χ3v) is 3.87. The zero-order valence-corrected chi connectivity index (χ0v) is 14.6. The quantitative estimate of drug-likeness (QED) is 0.770. The van der Waals surface area contributed by atoms with E-state index in [1.54, 1.807) is 6.07 Å². The van der Waals surface area contributed by atoms with Gasteiger partial charge in [-0.1, -0.05) is 17.7 Å². The van der Waals surface area contributed by atoms with Gasteiger partial charge in [0.1, 0.15) is 0 Å². The normalized spacial score (nSPS) is 16.3. The Hall–Kier alpha value is -0.520. The summed E-state index contributed by atoms with van der Waals surface area (Å²) in [6, 6.07) is 2.77. The minimum atomic E-state index is -0.661. The molecule has 1 atom stereocenters. The van der Waals surface area contributed by atoms with Crippen molar-refractivity contribution < 1.29 is 9.50 Å². The van der Waals surface area contributed by atoms with Gasteiger partial charge in [-0.05, 0) is 25.0 Å². The number of benzene rings is 1. The van der Waals surface area contributed by atoms with Gasteiger partial charge in [0.25, 0.3) is 0 Å². The monoisotopic (exact) mass is 370 g/mol. The van der Waals surface area contributed by atoms with Gasteiger partial charge in [0, 0.05) is 42.8 Å². The molecule has 1 heterocycles. The number of nitrogens with zero attached hydrogens (tertiary/aromatic N) is 1. The van der Waals surface area contributed by atoms with E-state index in [1.807, 2.05) is 6.08 Å². The number of phenolic OH excluding ortho intramolecular Hbond substituents is 1. The van der Waals surface area contributed by atoms with E-state index in [9.17, 15) is 9.50 Å². The second-order valence-corrected chi connectivity index (χ2v) is 5.43. The highest BCUT2D eigenvalue weighted by atomic mass is 35.5. The minimum Gasteiger partial charge on any atom is -0.505 e. The third kappa shape index (κ3) is 5.28. The highest BCUT2D eigenvalue weighted by molar-refractivity contribution is 6.30. The van der Waals surface area contributed by atoms with Gasteiger partial charge in [-0.2, -0.15) is 0 Å². The molecule has 0 aliphatic carbocycles. The van der Waals surface area contributed by atoms with Crippen LogP contribution in [0.2, 0.25) is 5.02 Å². The maximum Gasteiger partial charge on any atom is 0.166 e. The van der Waals surface area contributed by atoms with Crippen LogP contribution in [0.15, 0.2) is 24.8 Å². The van der Waals surface area contributed by atoms with Gasteiger partial charge in [-0.15, -0.1) is 31.4 Å². The Morgan fingerprint density at radius 2 is 2.00 bits per heavy atom. The van der Waals surface area contributed by atoms with Crippen molar-refractivity contribution in [2.24, 2.45) is 0 Å². The number of phenols is 1. The number of hydrogen-bond acceptors (Lipinski definition) is 3. The first kappa shape index (κ1) is 21.5. The van der Waals surface area contributed by atoms with Crippen molar-refractivity contribution in [3.8, 4) is 5.75 Å². The summed E-state index contributed by atoms with van der Waals surface area (Å²) in [5.74, 6) is -0.951. The molecule has 0 radical (unpaired) electrons. The molecule has 3 nitrogen and oxygen atoms in total. The molecule has 1 aromatic rings. The summed E-state index contributed by atoms with van der Waals surface area (Å²) in [6.45, 7) is 7.27. The maximum absolute atomic E-state index is 13.7. The van der Waals surface area contributed by atoms with Gasteiger partial charge < -0.3 is 10.4 Å². The van der Waals surface area contributed by atoms with E-state index in [4.69, 9.17) is 11.6 Å². The molecule has 1 aliphatic heterocycles. The Labute approximate surface area is 148 Å². The molecule has 2 rings (SSSR count). The van der Waals surface area contributed by atoms with Crippen LogP contribution in [0.3, 0.4) is 0 Å². The summed E-state index contributed by atoms with van der Waals surface area (Å²) in [6.07, 6.45) is 3.44. The molecule has 126 valence electrons. The molecule has 0 bridgehead atoms. The molecule has 1 fully saturated rings. The number of halogens is 4. The number of allylic oxidation sites excluding steroid dienone is 1. The minimum absolute atomic E-state index is 0. The van der Waals surface area contributed by atoms with Crippen molar-refractivity contribution in [2.45, 2.75) is 18.9 Å². The van der Waals surface area contributed by atoms with Crippen molar-refractivity contribution >= 4 is 36.4 Å². The van der Waals surface area contributed by atoms with E-state index in [0.29, 0.717) is 10.6 Å². The van der Waals surface area contributed by atoms with Crippen molar-refractivity contribution in [1.82, 2.24) is 10.2 Å². The van der Waals surface area contributed by atoms with Gasteiger partial charge >= 0.3 is 0 Å². The predicted octanol–water partition coefficient (Wildman–Crippen LogP) is 3.94. The fraction of sp³-hybridized carbons (Fsp3) is 0.467. The first-order valence-corrected chi connectivity index (χ1v) is 7.25. The number of aromatic hydroxyl groups is 1. The van der Waals surface area contributed by atoms with Crippen LogP contribution in [0.4, 0.5) is 4.39 Å². The number of nitrogens with one attached hydrogen (secondary N) is 1. The fourth-order valence-electron chi connectivity index (χ4n) is 2.64. The Bertz CT molecular complexity index is 482. The van der Waals surface area contributed by atoms with Crippen LogP contribution in [-0.2, 0) is 0 Å². The zero-order chi connectivity index (χ0) is 14.5. The standard InChI is InChI=1S/C15H20ClFN2O.2ClH/c1-2-3-4-14(19-7-5-18-6-8-19)12-9-11(16)10-13(17)15(12)20;;/h2,9-10,14,18,20H,1,3-8H2;2*1H/t14-;;/m1../s1. The van der Waals surface area contributed by atoms with E-state index >= 15 is 0 Å². The van der Waals surface area contributed by atoms with E-state index in [0.717, 1.165) is 45.1 Å². The SMILES string of the molecule is C=CCC[C@H](c1cc(Cl)cc(F)c1O)N1CCNCC1.Cl.Cl. The summed E-state index contributed by atoms with van der Waals surface area (Å²) >= 11 is 5.94. The van der Waals surface area contributed by atoms with Crippen LogP contribution in [0.1, 0.15) is 24.4 Å². The summed E-state index contributed by atoms with van der Waals surface area (Å²) in [5, 5.41) is 13.6. The fourth-order valence-corrected chi connectivity index (χ4v) is 2.86. The van der Waals surface area contributed by atoms with Crippen molar-refractivity contribution in [3.05, 3.63) is 41.2 Å². The molecular weight excluding hydrogens is 350 g/mol. The van der Waals surface area contributed by atoms with Crippen molar-refractivity contribution in [2.75, 3.05) is 26.2 Å². The van der Waals surface area contributed by atoms with Gasteiger partial charge in [-0.3, -0.25) is 4.90 Å². The van der Waals surface area contributed by atoms with E-state index in [-0.39, 0.29) is 36.6 Å². The molecule has 0 unspecified atom stereocenters. The largest absolute Gasteiger partial charge is 0.505 e. The average Bonchev–Trinajstić information content (AvgIpc) is 2.45. The lowest BCUT2D eigenvalue weighted by Crippen LogP contribution is -2.45. The smallest absolute Gasteiger partial charge is 0.166 e. The zero-order valence-electron chi connectivity index (χ0n) is 12.2. The topological polar surface area (TPSA) is 35.5 Å². The average molecular weight is 372 g/mol. The Morgan fingerprint density at radius 1 is 1.36 bits per heavy atom. The number of piperazine rings is 1. The van der Waals surface area contributed by atoms with Gasteiger partial charge in [-0.25, -0.2) is 4.39 Å². The second-order valence-electron chi connectivity index (χ2n) is 4.99. The first-order valence-electron chi connectivity index (χ1n) is 6.87.